The summed E-state index contributed by atoms with van der Waals surface area (Å²) in [6.45, 7) is 6.86. The quantitative estimate of drug-likeness (QED) is 0.419. The maximum atomic E-state index is 11.0. The van der Waals surface area contributed by atoms with Crippen molar-refractivity contribution in [2.75, 3.05) is 0 Å². The average Bonchev–Trinajstić information content (AvgIpc) is 2.16. The molecule has 0 fully saturated rings. The molecule has 0 unspecified atom stereocenters. The summed E-state index contributed by atoms with van der Waals surface area (Å²) in [5.41, 5.74) is 1.21. The summed E-state index contributed by atoms with van der Waals surface area (Å²) in [5.74, 6) is -0.0321. The maximum absolute atomic E-state index is 11.0. The van der Waals surface area contributed by atoms with Gasteiger partial charge >= 0.3 is 5.97 Å². The number of rotatable bonds is 3. The zero-order valence-corrected chi connectivity index (χ0v) is 8.24. The van der Waals surface area contributed by atoms with Gasteiger partial charge in [0.1, 0.15) is 0 Å². The van der Waals surface area contributed by atoms with Crippen molar-refractivity contribution < 1.29 is 14.6 Å². The van der Waals surface area contributed by atoms with Crippen molar-refractivity contribution in [1.82, 2.24) is 0 Å². The highest BCUT2D eigenvalue weighted by molar-refractivity contribution is 5.86. The first kappa shape index (κ1) is 10.3. The molecule has 0 saturated carbocycles. The van der Waals surface area contributed by atoms with Crippen LogP contribution in [0.3, 0.4) is 0 Å². The fourth-order valence-electron chi connectivity index (χ4n) is 0.804. The first-order valence-electron chi connectivity index (χ1n) is 4.21. The number of carbonyl (C=O) groups excluding carboxylic acids is 1. The predicted octanol–water partition coefficient (Wildman–Crippen LogP) is 2.41. The summed E-state index contributed by atoms with van der Waals surface area (Å²) in [5, 5.41) is 0. The number of hydrogen-bond donors (Lipinski definition) is 0. The molecule has 0 radical (unpaired) electrons. The normalized spacial score (nSPS) is 9.29. The van der Waals surface area contributed by atoms with Gasteiger partial charge < -0.3 is 0 Å². The van der Waals surface area contributed by atoms with Crippen LogP contribution in [0.2, 0.25) is 0 Å². The van der Waals surface area contributed by atoms with Gasteiger partial charge in [0, 0.05) is 5.57 Å². The van der Waals surface area contributed by atoms with Crippen LogP contribution in [0.4, 0.5) is 0 Å². The van der Waals surface area contributed by atoms with Crippen LogP contribution in [0.25, 0.3) is 0 Å². The van der Waals surface area contributed by atoms with Crippen LogP contribution >= 0.6 is 0 Å². The van der Waals surface area contributed by atoms with Crippen molar-refractivity contribution in [2.45, 2.75) is 13.8 Å². The van der Waals surface area contributed by atoms with Gasteiger partial charge in [-0.15, -0.1) is 0 Å². The van der Waals surface area contributed by atoms with E-state index in [0.717, 1.165) is 5.56 Å². The molecule has 0 aliphatic carbocycles. The summed E-state index contributed by atoms with van der Waals surface area (Å²) in [6, 6.07) is 7.27. The first-order chi connectivity index (χ1) is 6.61. The van der Waals surface area contributed by atoms with Crippen LogP contribution in [0.5, 0.6) is 5.75 Å². The maximum Gasteiger partial charge on any atom is 0.381 e. The van der Waals surface area contributed by atoms with Gasteiger partial charge in [0.15, 0.2) is 5.75 Å². The average molecular weight is 192 g/mol. The van der Waals surface area contributed by atoms with Crippen LogP contribution in [0.1, 0.15) is 12.5 Å². The summed E-state index contributed by atoms with van der Waals surface area (Å²) in [7, 11) is 0. The topological polar surface area (TPSA) is 35.5 Å². The number of aryl methyl sites for hydroxylation is 1. The molecule has 0 aromatic heterocycles. The van der Waals surface area contributed by atoms with Crippen LogP contribution in [0.15, 0.2) is 36.4 Å². The highest BCUT2D eigenvalue weighted by atomic mass is 17.2. The van der Waals surface area contributed by atoms with E-state index in [2.05, 4.69) is 11.5 Å². The van der Waals surface area contributed by atoms with Gasteiger partial charge in [0.2, 0.25) is 0 Å². The molecular weight excluding hydrogens is 180 g/mol. The fraction of sp³-hybridized carbons (Fsp3) is 0.182. The lowest BCUT2D eigenvalue weighted by Gasteiger charge is -2.05. The number of hydrogen-bond acceptors (Lipinski definition) is 3. The van der Waals surface area contributed by atoms with Crippen molar-refractivity contribution in [3.63, 3.8) is 0 Å². The van der Waals surface area contributed by atoms with Gasteiger partial charge in [-0.3, -0.25) is 4.89 Å². The Morgan fingerprint density at radius 2 is 2.00 bits per heavy atom. The van der Waals surface area contributed by atoms with Crippen molar-refractivity contribution in [3.8, 4) is 5.75 Å². The molecule has 0 N–H and O–H groups in total. The minimum Gasteiger partial charge on any atom is -0.286 e. The van der Waals surface area contributed by atoms with Gasteiger partial charge in [-0.1, -0.05) is 24.8 Å². The summed E-state index contributed by atoms with van der Waals surface area (Å²) in [4.78, 5) is 20.4. The third-order valence-corrected chi connectivity index (χ3v) is 1.65. The lowest BCUT2D eigenvalue weighted by Crippen LogP contribution is -2.08. The highest BCUT2D eigenvalue weighted by Crippen LogP contribution is 2.16. The molecule has 0 amide bonds. The first-order valence-corrected chi connectivity index (χ1v) is 4.21. The molecule has 14 heavy (non-hydrogen) atoms. The molecule has 0 saturated heterocycles. The Kier molecular flexibility index (Phi) is 3.29. The molecule has 1 rings (SSSR count). The standard InChI is InChI=1S/C11H12O3/c1-8(2)11(12)14-13-10-7-5-4-6-9(10)3/h4-7H,1H2,2-3H3. The van der Waals surface area contributed by atoms with Crippen LogP contribution in [-0.4, -0.2) is 5.97 Å². The van der Waals surface area contributed by atoms with E-state index in [4.69, 9.17) is 4.89 Å². The third-order valence-electron chi connectivity index (χ3n) is 1.65. The molecule has 0 heterocycles. The Morgan fingerprint density at radius 1 is 1.36 bits per heavy atom. The van der Waals surface area contributed by atoms with E-state index in [-0.39, 0.29) is 0 Å². The van der Waals surface area contributed by atoms with E-state index >= 15 is 0 Å². The second-order valence-electron chi connectivity index (χ2n) is 3.00. The molecule has 0 aliphatic heterocycles. The second kappa shape index (κ2) is 4.46. The molecule has 1 aromatic carbocycles. The minimum atomic E-state index is -0.562. The van der Waals surface area contributed by atoms with E-state index in [1.54, 1.807) is 19.1 Å². The molecule has 0 aliphatic rings. The van der Waals surface area contributed by atoms with Gasteiger partial charge in [-0.25, -0.2) is 9.68 Å². The summed E-state index contributed by atoms with van der Waals surface area (Å²) in [6.07, 6.45) is 0. The SMILES string of the molecule is C=C(C)C(=O)OOc1ccccc1C. The van der Waals surface area contributed by atoms with E-state index in [1.807, 2.05) is 19.1 Å². The zero-order chi connectivity index (χ0) is 10.6. The number of carbonyl (C=O) groups is 1. The molecular formula is C11H12O3. The van der Waals surface area contributed by atoms with Gasteiger partial charge in [-0.2, -0.15) is 0 Å². The Hall–Kier alpha value is -1.77. The molecule has 0 atom stereocenters. The molecule has 0 spiro atoms. The van der Waals surface area contributed by atoms with Gasteiger partial charge in [0.05, 0.1) is 0 Å². The van der Waals surface area contributed by atoms with Crippen molar-refractivity contribution in [3.05, 3.63) is 42.0 Å². The van der Waals surface area contributed by atoms with Crippen LogP contribution < -0.4 is 4.89 Å². The van der Waals surface area contributed by atoms with E-state index in [1.165, 1.54) is 0 Å². The van der Waals surface area contributed by atoms with Crippen molar-refractivity contribution >= 4 is 5.97 Å². The lowest BCUT2D eigenvalue weighted by molar-refractivity contribution is -0.208. The summed E-state index contributed by atoms with van der Waals surface area (Å²) >= 11 is 0. The smallest absolute Gasteiger partial charge is 0.286 e. The van der Waals surface area contributed by atoms with Crippen molar-refractivity contribution in [2.24, 2.45) is 0 Å². The van der Waals surface area contributed by atoms with Crippen LogP contribution in [0, 0.1) is 6.92 Å². The van der Waals surface area contributed by atoms with Crippen LogP contribution in [-0.2, 0) is 9.68 Å². The summed E-state index contributed by atoms with van der Waals surface area (Å²) < 4.78 is 0. The Bertz CT molecular complexity index is 355. The third kappa shape index (κ3) is 2.62. The lowest BCUT2D eigenvalue weighted by atomic mass is 10.2. The fourth-order valence-corrected chi connectivity index (χ4v) is 0.804. The largest absolute Gasteiger partial charge is 0.381 e. The monoisotopic (exact) mass is 192 g/mol. The zero-order valence-electron chi connectivity index (χ0n) is 8.24. The molecule has 74 valence electrons. The Morgan fingerprint density at radius 3 is 2.57 bits per heavy atom. The Balaban J connectivity index is 2.58. The van der Waals surface area contributed by atoms with E-state index in [0.29, 0.717) is 11.3 Å². The molecule has 1 aromatic rings. The Labute approximate surface area is 82.9 Å². The van der Waals surface area contributed by atoms with Crippen molar-refractivity contribution in [1.29, 1.82) is 0 Å². The molecule has 0 bridgehead atoms. The van der Waals surface area contributed by atoms with E-state index < -0.39 is 5.97 Å². The van der Waals surface area contributed by atoms with Gasteiger partial charge in [0.25, 0.3) is 0 Å². The molecule has 3 heteroatoms. The van der Waals surface area contributed by atoms with Gasteiger partial charge in [-0.05, 0) is 25.5 Å². The number of benzene rings is 1. The van der Waals surface area contributed by atoms with E-state index in [9.17, 15) is 4.79 Å². The number of para-hydroxylation sites is 1. The molecule has 3 nitrogen and oxygen atoms in total. The minimum absolute atomic E-state index is 0.304. The highest BCUT2D eigenvalue weighted by Gasteiger charge is 2.06. The predicted molar refractivity (Wildman–Crippen MR) is 52.7 cm³/mol. The second-order valence-corrected chi connectivity index (χ2v) is 3.00.